The van der Waals surface area contributed by atoms with Gasteiger partial charge in [-0.2, -0.15) is 4.73 Å². The summed E-state index contributed by atoms with van der Waals surface area (Å²) in [5.74, 6) is 0.552. The predicted molar refractivity (Wildman–Crippen MR) is 77.5 cm³/mol. The predicted octanol–water partition coefficient (Wildman–Crippen LogP) is 1.96. The van der Waals surface area contributed by atoms with Crippen molar-refractivity contribution in [2.75, 3.05) is 6.73 Å². The number of nitro groups is 1. The Bertz CT molecular complexity index is 799. The van der Waals surface area contributed by atoms with Gasteiger partial charge in [0.25, 0.3) is 5.69 Å². The molecule has 0 aliphatic rings. The number of aromatic nitrogens is 2. The molecule has 106 valence electrons. The number of nitrogens with two attached hydrogens (primary N) is 1. The third-order valence-electron chi connectivity index (χ3n) is 3.04. The molecule has 0 unspecified atom stereocenters. The average Bonchev–Trinajstić information content (AvgIpc) is 2.86. The minimum atomic E-state index is -0.457. The molecular weight excluding hydrogens is 272 g/mol. The lowest BCUT2D eigenvalue weighted by molar-refractivity contribution is -0.384. The summed E-state index contributed by atoms with van der Waals surface area (Å²) in [7, 11) is 0. The molecule has 0 fully saturated rings. The van der Waals surface area contributed by atoms with E-state index in [9.17, 15) is 10.1 Å². The number of benzene rings is 2. The second kappa shape index (κ2) is 5.22. The molecule has 0 radical (unpaired) electrons. The van der Waals surface area contributed by atoms with Crippen LogP contribution in [0.15, 0.2) is 48.5 Å². The maximum Gasteiger partial charge on any atom is 0.271 e. The molecular formula is C14H12N4O3. The maximum absolute atomic E-state index is 10.9. The standard InChI is InChI=1S/C14H12N4O3/c15-9-21-17-13-8-11(18(19)20)6-7-12(13)16-14(17)10-4-2-1-3-5-10/h1-8H,9,15H2. The van der Waals surface area contributed by atoms with Crippen molar-refractivity contribution in [3.05, 3.63) is 58.6 Å². The molecule has 0 bridgehead atoms. The fourth-order valence-corrected chi connectivity index (χ4v) is 2.13. The van der Waals surface area contributed by atoms with Gasteiger partial charge in [0.2, 0.25) is 0 Å². The molecule has 2 N–H and O–H groups in total. The number of rotatable bonds is 4. The highest BCUT2D eigenvalue weighted by Gasteiger charge is 2.16. The minimum Gasteiger partial charge on any atom is -0.396 e. The third kappa shape index (κ3) is 2.30. The molecule has 1 aromatic heterocycles. The highest BCUT2D eigenvalue weighted by molar-refractivity contribution is 5.82. The quantitative estimate of drug-likeness (QED) is 0.449. The minimum absolute atomic E-state index is 0.0242. The Balaban J connectivity index is 2.25. The van der Waals surface area contributed by atoms with E-state index in [4.69, 9.17) is 10.6 Å². The number of imidazole rings is 1. The van der Waals surface area contributed by atoms with Crippen LogP contribution >= 0.6 is 0 Å². The van der Waals surface area contributed by atoms with Gasteiger partial charge in [-0.3, -0.25) is 15.8 Å². The molecule has 2 aromatic carbocycles. The van der Waals surface area contributed by atoms with Crippen LogP contribution in [0.5, 0.6) is 0 Å². The molecule has 0 saturated heterocycles. The molecule has 0 aliphatic heterocycles. The molecule has 0 amide bonds. The van der Waals surface area contributed by atoms with Gasteiger partial charge in [0, 0.05) is 17.7 Å². The summed E-state index contributed by atoms with van der Waals surface area (Å²) >= 11 is 0. The molecule has 1 heterocycles. The lowest BCUT2D eigenvalue weighted by Gasteiger charge is -2.08. The zero-order valence-electron chi connectivity index (χ0n) is 11.0. The van der Waals surface area contributed by atoms with Crippen LogP contribution in [0.25, 0.3) is 22.4 Å². The zero-order chi connectivity index (χ0) is 14.8. The second-order valence-electron chi connectivity index (χ2n) is 4.32. The first kappa shape index (κ1) is 13.1. The van der Waals surface area contributed by atoms with Crippen LogP contribution in [0.3, 0.4) is 0 Å². The molecule has 0 saturated carbocycles. The summed E-state index contributed by atoms with van der Waals surface area (Å²) in [5.41, 5.74) is 7.38. The molecule has 7 heteroatoms. The summed E-state index contributed by atoms with van der Waals surface area (Å²) in [6.45, 7) is -0.0615. The van der Waals surface area contributed by atoms with E-state index in [-0.39, 0.29) is 12.4 Å². The van der Waals surface area contributed by atoms with Crippen molar-refractivity contribution in [3.8, 4) is 11.4 Å². The molecule has 3 rings (SSSR count). The number of fused-ring (bicyclic) bond motifs is 1. The molecule has 0 aliphatic carbocycles. The van der Waals surface area contributed by atoms with E-state index in [1.807, 2.05) is 30.3 Å². The first-order valence-electron chi connectivity index (χ1n) is 6.26. The first-order chi connectivity index (χ1) is 10.2. The van der Waals surface area contributed by atoms with E-state index in [0.29, 0.717) is 16.9 Å². The van der Waals surface area contributed by atoms with Gasteiger partial charge in [-0.05, 0) is 6.07 Å². The summed E-state index contributed by atoms with van der Waals surface area (Å²) in [5, 5.41) is 10.9. The van der Waals surface area contributed by atoms with Gasteiger partial charge in [-0.25, -0.2) is 4.98 Å². The van der Waals surface area contributed by atoms with Crippen molar-refractivity contribution in [2.24, 2.45) is 5.73 Å². The number of nitro benzene ring substituents is 1. The van der Waals surface area contributed by atoms with Gasteiger partial charge < -0.3 is 4.84 Å². The van der Waals surface area contributed by atoms with Crippen LogP contribution in [-0.4, -0.2) is 21.4 Å². The molecule has 0 atom stereocenters. The van der Waals surface area contributed by atoms with Gasteiger partial charge in [0.05, 0.1) is 10.4 Å². The van der Waals surface area contributed by atoms with Crippen LogP contribution in [0.1, 0.15) is 0 Å². The molecule has 0 spiro atoms. The zero-order valence-corrected chi connectivity index (χ0v) is 11.0. The Labute approximate surface area is 119 Å². The summed E-state index contributed by atoms with van der Waals surface area (Å²) in [6.07, 6.45) is 0. The van der Waals surface area contributed by atoms with E-state index in [1.165, 1.54) is 16.9 Å². The Hall–Kier alpha value is -2.93. The lowest BCUT2D eigenvalue weighted by atomic mass is 10.2. The number of hydrogen-bond acceptors (Lipinski definition) is 5. The second-order valence-corrected chi connectivity index (χ2v) is 4.32. The van der Waals surface area contributed by atoms with Crippen LogP contribution in [-0.2, 0) is 0 Å². The van der Waals surface area contributed by atoms with Crippen LogP contribution in [0.4, 0.5) is 5.69 Å². The van der Waals surface area contributed by atoms with Crippen LogP contribution in [0.2, 0.25) is 0 Å². The topological polar surface area (TPSA) is 96.2 Å². The van der Waals surface area contributed by atoms with Gasteiger partial charge in [-0.1, -0.05) is 30.3 Å². The molecule has 3 aromatic rings. The van der Waals surface area contributed by atoms with Crippen molar-refractivity contribution in [2.45, 2.75) is 0 Å². The number of non-ortho nitro benzene ring substituents is 1. The highest BCUT2D eigenvalue weighted by atomic mass is 16.7. The van der Waals surface area contributed by atoms with E-state index >= 15 is 0 Å². The Kier molecular flexibility index (Phi) is 3.25. The Morgan fingerprint density at radius 2 is 2.00 bits per heavy atom. The number of hydrogen-bond donors (Lipinski definition) is 1. The maximum atomic E-state index is 10.9. The normalized spacial score (nSPS) is 10.7. The Morgan fingerprint density at radius 3 is 2.67 bits per heavy atom. The SMILES string of the molecule is NCOn1c(-c2ccccc2)nc2ccc([N+](=O)[O-])cc21. The van der Waals surface area contributed by atoms with E-state index in [0.717, 1.165) is 5.56 Å². The Morgan fingerprint density at radius 1 is 1.24 bits per heavy atom. The van der Waals surface area contributed by atoms with Crippen LogP contribution in [0, 0.1) is 10.1 Å². The smallest absolute Gasteiger partial charge is 0.271 e. The van der Waals surface area contributed by atoms with Crippen molar-refractivity contribution in [1.29, 1.82) is 0 Å². The monoisotopic (exact) mass is 284 g/mol. The van der Waals surface area contributed by atoms with Gasteiger partial charge in [-0.15, -0.1) is 0 Å². The van der Waals surface area contributed by atoms with Gasteiger partial charge >= 0.3 is 0 Å². The van der Waals surface area contributed by atoms with Crippen molar-refractivity contribution >= 4 is 16.7 Å². The van der Waals surface area contributed by atoms with E-state index in [2.05, 4.69) is 4.98 Å². The third-order valence-corrected chi connectivity index (χ3v) is 3.04. The lowest BCUT2D eigenvalue weighted by Crippen LogP contribution is -2.19. The van der Waals surface area contributed by atoms with Crippen LogP contribution < -0.4 is 10.6 Å². The summed E-state index contributed by atoms with van der Waals surface area (Å²) < 4.78 is 1.43. The fraction of sp³-hybridized carbons (Fsp3) is 0.0714. The average molecular weight is 284 g/mol. The highest BCUT2D eigenvalue weighted by Crippen LogP contribution is 2.26. The fourth-order valence-electron chi connectivity index (χ4n) is 2.13. The number of nitrogens with zero attached hydrogens (tertiary/aromatic N) is 3. The van der Waals surface area contributed by atoms with Gasteiger partial charge in [0.1, 0.15) is 5.52 Å². The molecule has 7 nitrogen and oxygen atoms in total. The summed E-state index contributed by atoms with van der Waals surface area (Å²) in [6, 6.07) is 13.8. The van der Waals surface area contributed by atoms with Gasteiger partial charge in [0.15, 0.2) is 12.6 Å². The first-order valence-corrected chi connectivity index (χ1v) is 6.26. The van der Waals surface area contributed by atoms with Crippen molar-refractivity contribution < 1.29 is 9.76 Å². The largest absolute Gasteiger partial charge is 0.396 e. The van der Waals surface area contributed by atoms with E-state index in [1.54, 1.807) is 6.07 Å². The van der Waals surface area contributed by atoms with E-state index < -0.39 is 4.92 Å². The van der Waals surface area contributed by atoms with Crippen molar-refractivity contribution in [1.82, 2.24) is 9.71 Å². The summed E-state index contributed by atoms with van der Waals surface area (Å²) in [4.78, 5) is 20.3. The van der Waals surface area contributed by atoms with Crippen molar-refractivity contribution in [3.63, 3.8) is 0 Å². The molecule has 21 heavy (non-hydrogen) atoms.